The molecule has 2 fully saturated rings. The largest absolute Gasteiger partial charge is 0.378 e. The number of ether oxygens (including phenoxy) is 1. The lowest BCUT2D eigenvalue weighted by Crippen LogP contribution is -2.45. The monoisotopic (exact) mass is 401 g/mol. The van der Waals surface area contributed by atoms with Crippen LogP contribution in [0, 0.1) is 5.82 Å². The lowest BCUT2D eigenvalue weighted by molar-refractivity contribution is -0.120. The molecule has 2 aliphatic heterocycles. The number of carbonyl (C=O) groups excluding carboxylic acids is 1. The minimum Gasteiger partial charge on any atom is -0.378 e. The number of morpholine rings is 1. The number of nitrogens with zero attached hydrogens (tertiary/aromatic N) is 3. The average Bonchev–Trinajstić information content (AvgIpc) is 2.87. The highest BCUT2D eigenvalue weighted by molar-refractivity contribution is 7.81. The van der Waals surface area contributed by atoms with Gasteiger partial charge in [0.15, 0.2) is 5.50 Å². The van der Waals surface area contributed by atoms with E-state index in [4.69, 9.17) is 17.4 Å². The van der Waals surface area contributed by atoms with Crippen molar-refractivity contribution in [3.05, 3.63) is 54.3 Å². The van der Waals surface area contributed by atoms with Crippen molar-refractivity contribution >= 4 is 35.6 Å². The molecule has 4 rings (SSSR count). The van der Waals surface area contributed by atoms with Crippen LogP contribution in [0.4, 0.5) is 21.5 Å². The lowest BCUT2D eigenvalue weighted by Gasteiger charge is -2.34. The normalized spacial score (nSPS) is 22.1. The van der Waals surface area contributed by atoms with E-state index in [0.717, 1.165) is 37.7 Å². The SMILES string of the molecule is CC1(C)C(=O)N(c2cccc(F)c2)C(S)N1c1ccc(N2CCOCC2)cc1. The zero-order valence-corrected chi connectivity index (χ0v) is 16.9. The summed E-state index contributed by atoms with van der Waals surface area (Å²) in [5.74, 6) is -0.493. The maximum absolute atomic E-state index is 13.7. The van der Waals surface area contributed by atoms with Gasteiger partial charge in [0.2, 0.25) is 0 Å². The Hall–Kier alpha value is -2.25. The quantitative estimate of drug-likeness (QED) is 0.799. The van der Waals surface area contributed by atoms with E-state index < -0.39 is 11.0 Å². The van der Waals surface area contributed by atoms with Crippen LogP contribution in [0.1, 0.15) is 13.8 Å². The second-order valence-electron chi connectivity index (χ2n) is 7.55. The molecular weight excluding hydrogens is 377 g/mol. The molecule has 0 bridgehead atoms. The predicted molar refractivity (Wildman–Crippen MR) is 113 cm³/mol. The van der Waals surface area contributed by atoms with E-state index in [-0.39, 0.29) is 11.7 Å². The van der Waals surface area contributed by atoms with Crippen LogP contribution in [0.5, 0.6) is 0 Å². The van der Waals surface area contributed by atoms with Crippen LogP contribution < -0.4 is 14.7 Å². The molecule has 2 saturated heterocycles. The molecule has 0 spiro atoms. The van der Waals surface area contributed by atoms with Crippen molar-refractivity contribution in [2.45, 2.75) is 24.9 Å². The maximum atomic E-state index is 13.7. The number of halogens is 1. The summed E-state index contributed by atoms with van der Waals surface area (Å²) < 4.78 is 19.1. The molecule has 148 valence electrons. The smallest absolute Gasteiger partial charge is 0.254 e. The summed E-state index contributed by atoms with van der Waals surface area (Å²) in [6.07, 6.45) is 0. The Morgan fingerprint density at radius 2 is 1.68 bits per heavy atom. The van der Waals surface area contributed by atoms with Crippen molar-refractivity contribution < 1.29 is 13.9 Å². The highest BCUT2D eigenvalue weighted by Crippen LogP contribution is 2.40. The predicted octanol–water partition coefficient (Wildman–Crippen LogP) is 3.51. The molecule has 2 heterocycles. The van der Waals surface area contributed by atoms with Crippen LogP contribution in [0.2, 0.25) is 0 Å². The van der Waals surface area contributed by atoms with Crippen molar-refractivity contribution in [3.63, 3.8) is 0 Å². The Kier molecular flexibility index (Phi) is 4.97. The summed E-state index contributed by atoms with van der Waals surface area (Å²) in [6.45, 7) is 6.94. The number of thiol groups is 1. The molecule has 1 unspecified atom stereocenters. The van der Waals surface area contributed by atoms with Crippen LogP contribution in [0.25, 0.3) is 0 Å². The van der Waals surface area contributed by atoms with Crippen molar-refractivity contribution in [1.29, 1.82) is 0 Å². The number of hydrogen-bond acceptors (Lipinski definition) is 5. The van der Waals surface area contributed by atoms with Gasteiger partial charge in [0.1, 0.15) is 11.4 Å². The van der Waals surface area contributed by atoms with E-state index in [1.165, 1.54) is 12.1 Å². The summed E-state index contributed by atoms with van der Waals surface area (Å²) in [5.41, 5.74) is 1.20. The third-order valence-electron chi connectivity index (χ3n) is 5.40. The highest BCUT2D eigenvalue weighted by atomic mass is 32.1. The van der Waals surface area contributed by atoms with E-state index in [2.05, 4.69) is 17.0 Å². The van der Waals surface area contributed by atoms with Crippen LogP contribution >= 0.6 is 12.6 Å². The summed E-state index contributed by atoms with van der Waals surface area (Å²) in [5, 5.41) is 0. The first kappa shape index (κ1) is 19.1. The van der Waals surface area contributed by atoms with Crippen LogP contribution in [0.3, 0.4) is 0 Å². The Bertz CT molecular complexity index is 868. The zero-order valence-electron chi connectivity index (χ0n) is 16.0. The molecule has 0 N–H and O–H groups in total. The fraction of sp³-hybridized carbons (Fsp3) is 0.381. The van der Waals surface area contributed by atoms with Gasteiger partial charge in [-0.3, -0.25) is 9.69 Å². The summed E-state index contributed by atoms with van der Waals surface area (Å²) in [7, 11) is 0. The molecule has 2 aromatic carbocycles. The van der Waals surface area contributed by atoms with E-state index in [1.807, 2.05) is 30.9 Å². The van der Waals surface area contributed by atoms with Gasteiger partial charge in [-0.25, -0.2) is 4.39 Å². The van der Waals surface area contributed by atoms with E-state index in [0.29, 0.717) is 5.69 Å². The fourth-order valence-corrected chi connectivity index (χ4v) is 4.55. The molecule has 0 aromatic heterocycles. The van der Waals surface area contributed by atoms with Crippen molar-refractivity contribution in [2.75, 3.05) is 41.0 Å². The lowest BCUT2D eigenvalue weighted by atomic mass is 10.0. The number of benzene rings is 2. The molecular formula is C21H24FN3O2S. The van der Waals surface area contributed by atoms with Gasteiger partial charge in [0.25, 0.3) is 5.91 Å². The summed E-state index contributed by atoms with van der Waals surface area (Å²) in [6, 6.07) is 14.2. The zero-order chi connectivity index (χ0) is 19.9. The highest BCUT2D eigenvalue weighted by Gasteiger charge is 2.51. The van der Waals surface area contributed by atoms with Gasteiger partial charge in [-0.05, 0) is 56.3 Å². The van der Waals surface area contributed by atoms with Gasteiger partial charge in [-0.15, -0.1) is 12.6 Å². The molecule has 1 amide bonds. The first-order valence-electron chi connectivity index (χ1n) is 9.39. The number of carbonyl (C=O) groups is 1. The third kappa shape index (κ3) is 3.22. The van der Waals surface area contributed by atoms with Gasteiger partial charge in [0, 0.05) is 30.2 Å². The number of amides is 1. The number of anilines is 3. The third-order valence-corrected chi connectivity index (χ3v) is 5.86. The first-order chi connectivity index (χ1) is 13.4. The maximum Gasteiger partial charge on any atom is 0.254 e. The van der Waals surface area contributed by atoms with E-state index in [9.17, 15) is 9.18 Å². The molecule has 2 aliphatic rings. The molecule has 5 nitrogen and oxygen atoms in total. The van der Waals surface area contributed by atoms with Crippen molar-refractivity contribution in [2.24, 2.45) is 0 Å². The second kappa shape index (κ2) is 7.29. The average molecular weight is 402 g/mol. The fourth-order valence-electron chi connectivity index (χ4n) is 3.89. The number of rotatable bonds is 3. The molecule has 7 heteroatoms. The Labute approximate surface area is 170 Å². The second-order valence-corrected chi connectivity index (χ2v) is 8.01. The van der Waals surface area contributed by atoms with Gasteiger partial charge in [-0.1, -0.05) is 6.07 Å². The van der Waals surface area contributed by atoms with Gasteiger partial charge >= 0.3 is 0 Å². The van der Waals surface area contributed by atoms with Crippen LogP contribution in [-0.4, -0.2) is 43.2 Å². The van der Waals surface area contributed by atoms with E-state index >= 15 is 0 Å². The Balaban J connectivity index is 1.64. The van der Waals surface area contributed by atoms with Gasteiger partial charge < -0.3 is 14.5 Å². The van der Waals surface area contributed by atoms with Crippen LogP contribution in [-0.2, 0) is 9.53 Å². The van der Waals surface area contributed by atoms with E-state index in [1.54, 1.807) is 17.0 Å². The molecule has 2 aromatic rings. The molecule has 0 radical (unpaired) electrons. The Morgan fingerprint density at radius 1 is 1.04 bits per heavy atom. The Morgan fingerprint density at radius 3 is 2.32 bits per heavy atom. The topological polar surface area (TPSA) is 36.0 Å². The summed E-state index contributed by atoms with van der Waals surface area (Å²) in [4.78, 5) is 18.9. The minimum absolute atomic E-state index is 0.115. The molecule has 0 saturated carbocycles. The molecule has 1 atom stereocenters. The van der Waals surface area contributed by atoms with Gasteiger partial charge in [-0.2, -0.15) is 0 Å². The molecule has 0 aliphatic carbocycles. The number of hydrogen-bond donors (Lipinski definition) is 1. The van der Waals surface area contributed by atoms with Gasteiger partial charge in [0.05, 0.1) is 13.2 Å². The molecule has 28 heavy (non-hydrogen) atoms. The standard InChI is InChI=1S/C21H24FN3O2S/c1-21(2)19(26)24(18-5-3-4-15(22)14-18)20(28)25(21)17-8-6-16(7-9-17)23-10-12-27-13-11-23/h3-9,14,20,28H,10-13H2,1-2H3. The van der Waals surface area contributed by atoms with Crippen LogP contribution in [0.15, 0.2) is 48.5 Å². The minimum atomic E-state index is -0.806. The first-order valence-corrected chi connectivity index (χ1v) is 9.90. The van der Waals surface area contributed by atoms with Crippen molar-refractivity contribution in [1.82, 2.24) is 0 Å². The van der Waals surface area contributed by atoms with Crippen molar-refractivity contribution in [3.8, 4) is 0 Å². The summed E-state index contributed by atoms with van der Waals surface area (Å²) >= 11 is 4.72.